The number of nitrogens with zero attached hydrogens (tertiary/aromatic N) is 4. The lowest BCUT2D eigenvalue weighted by molar-refractivity contribution is -0.128. The highest BCUT2D eigenvalue weighted by Gasteiger charge is 2.55. The van der Waals surface area contributed by atoms with Gasteiger partial charge >= 0.3 is 0 Å². The summed E-state index contributed by atoms with van der Waals surface area (Å²) in [6.45, 7) is 5.48. The first-order valence-corrected chi connectivity index (χ1v) is 10.5. The van der Waals surface area contributed by atoms with Crippen molar-refractivity contribution in [2.45, 2.75) is 26.5 Å². The third-order valence-corrected chi connectivity index (χ3v) is 6.21. The van der Waals surface area contributed by atoms with Gasteiger partial charge in [-0.1, -0.05) is 29.1 Å². The zero-order valence-electron chi connectivity index (χ0n) is 17.5. The molecule has 1 aliphatic heterocycles. The normalized spacial score (nSPS) is 22.5. The number of rotatable bonds is 4. The molecule has 2 aliphatic rings. The van der Waals surface area contributed by atoms with Gasteiger partial charge in [0.05, 0.1) is 6.54 Å². The van der Waals surface area contributed by atoms with Crippen molar-refractivity contribution in [3.63, 3.8) is 0 Å². The van der Waals surface area contributed by atoms with Crippen molar-refractivity contribution < 1.29 is 14.4 Å². The van der Waals surface area contributed by atoms with Crippen LogP contribution < -0.4 is 0 Å². The zero-order chi connectivity index (χ0) is 21.5. The Morgan fingerprint density at radius 3 is 2.71 bits per heavy atom. The second-order valence-corrected chi connectivity index (χ2v) is 8.39. The number of carbonyl (C=O) groups excluding carboxylic acids is 1. The molecule has 0 radical (unpaired) electrons. The van der Waals surface area contributed by atoms with Crippen LogP contribution in [0.5, 0.6) is 0 Å². The van der Waals surface area contributed by atoms with Crippen molar-refractivity contribution in [3.8, 4) is 23.1 Å². The lowest BCUT2D eigenvalue weighted by Gasteiger charge is -2.15. The summed E-state index contributed by atoms with van der Waals surface area (Å²) in [4.78, 5) is 17.5. The van der Waals surface area contributed by atoms with Crippen LogP contribution in [0.4, 0.5) is 0 Å². The maximum Gasteiger partial charge on any atom is 0.219 e. The van der Waals surface area contributed by atoms with Gasteiger partial charge in [-0.3, -0.25) is 4.79 Å². The fourth-order valence-electron chi connectivity index (χ4n) is 4.40. The molecule has 0 bridgehead atoms. The SMILES string of the molecule is CC(=O)N1C[C@@H]2[C@H](C#Cc3ccc(-c4cc(Cn5ccnc5[C@H](C)O)on4)cc3)[C@@H]2C1. The van der Waals surface area contributed by atoms with Gasteiger partial charge in [-0.15, -0.1) is 0 Å². The summed E-state index contributed by atoms with van der Waals surface area (Å²) in [5.74, 6) is 9.63. The van der Waals surface area contributed by atoms with Gasteiger partial charge in [0.25, 0.3) is 0 Å². The van der Waals surface area contributed by atoms with E-state index in [2.05, 4.69) is 22.0 Å². The number of likely N-dealkylation sites (tertiary alicyclic amines) is 1. The van der Waals surface area contributed by atoms with Crippen LogP contribution in [0.3, 0.4) is 0 Å². The average Bonchev–Trinajstić information content (AvgIpc) is 3.24. The summed E-state index contributed by atoms with van der Waals surface area (Å²) >= 11 is 0. The topological polar surface area (TPSA) is 84.4 Å². The Bertz CT molecular complexity index is 1150. The number of piperidine rings is 1. The fourth-order valence-corrected chi connectivity index (χ4v) is 4.40. The lowest BCUT2D eigenvalue weighted by atomic mass is 10.1. The molecule has 3 aromatic rings. The molecule has 1 saturated heterocycles. The van der Waals surface area contributed by atoms with E-state index in [9.17, 15) is 9.90 Å². The van der Waals surface area contributed by atoms with Gasteiger partial charge in [0.15, 0.2) is 5.76 Å². The molecule has 2 aromatic heterocycles. The largest absolute Gasteiger partial charge is 0.385 e. The number of benzene rings is 1. The van der Waals surface area contributed by atoms with Gasteiger partial charge in [0.2, 0.25) is 5.91 Å². The van der Waals surface area contributed by atoms with E-state index in [1.807, 2.05) is 46.0 Å². The molecule has 1 saturated carbocycles. The van der Waals surface area contributed by atoms with Crippen molar-refractivity contribution in [1.29, 1.82) is 0 Å². The molecule has 1 aliphatic carbocycles. The van der Waals surface area contributed by atoms with Crippen molar-refractivity contribution >= 4 is 5.91 Å². The molecule has 7 nitrogen and oxygen atoms in total. The summed E-state index contributed by atoms with van der Waals surface area (Å²) < 4.78 is 7.32. The standard InChI is InChI=1S/C24H24N4O3/c1-15(29)24-25-9-10-27(24)12-19-11-23(26-31-19)18-6-3-17(4-7-18)5-8-20-21-13-28(16(2)30)14-22(20)21/h3-4,6-7,9-11,15,20-22,29H,12-14H2,1-2H3/t15-,20-,21+,22-/m0/s1. The highest BCUT2D eigenvalue weighted by atomic mass is 16.5. The molecule has 5 rings (SSSR count). The minimum absolute atomic E-state index is 0.166. The highest BCUT2D eigenvalue weighted by Crippen LogP contribution is 2.51. The number of fused-ring (bicyclic) bond motifs is 1. The Labute approximate surface area is 180 Å². The number of carbonyl (C=O) groups is 1. The Morgan fingerprint density at radius 1 is 1.29 bits per heavy atom. The zero-order valence-corrected chi connectivity index (χ0v) is 17.5. The second-order valence-electron chi connectivity index (χ2n) is 8.39. The number of imidazole rings is 1. The van der Waals surface area contributed by atoms with E-state index in [0.29, 0.717) is 35.9 Å². The predicted octanol–water partition coefficient (Wildman–Crippen LogP) is 2.72. The molecule has 1 N–H and O–H groups in total. The minimum Gasteiger partial charge on any atom is -0.385 e. The average molecular weight is 416 g/mol. The number of amides is 1. The smallest absolute Gasteiger partial charge is 0.219 e. The maximum atomic E-state index is 11.4. The molecule has 31 heavy (non-hydrogen) atoms. The third-order valence-electron chi connectivity index (χ3n) is 6.21. The van der Waals surface area contributed by atoms with Crippen molar-refractivity contribution in [2.75, 3.05) is 13.1 Å². The van der Waals surface area contributed by atoms with Crippen LogP contribution in [0.2, 0.25) is 0 Å². The van der Waals surface area contributed by atoms with Gasteiger partial charge < -0.3 is 19.1 Å². The highest BCUT2D eigenvalue weighted by molar-refractivity contribution is 5.74. The first-order valence-electron chi connectivity index (χ1n) is 10.5. The number of hydrogen-bond acceptors (Lipinski definition) is 5. The van der Waals surface area contributed by atoms with Crippen LogP contribution >= 0.6 is 0 Å². The van der Waals surface area contributed by atoms with E-state index in [1.165, 1.54) is 0 Å². The Balaban J connectivity index is 1.22. The Kier molecular flexibility index (Phi) is 4.87. The molecule has 7 heteroatoms. The van der Waals surface area contributed by atoms with E-state index < -0.39 is 6.10 Å². The first-order chi connectivity index (χ1) is 15.0. The first kappa shape index (κ1) is 19.6. The van der Waals surface area contributed by atoms with Crippen LogP contribution in [0.15, 0.2) is 47.2 Å². The van der Waals surface area contributed by atoms with Crippen molar-refractivity contribution in [1.82, 2.24) is 19.6 Å². The molecular formula is C24H24N4O3. The molecule has 2 fully saturated rings. The summed E-state index contributed by atoms with van der Waals surface area (Å²) in [6, 6.07) is 9.89. The van der Waals surface area contributed by atoms with E-state index >= 15 is 0 Å². The number of hydrogen-bond donors (Lipinski definition) is 1. The summed E-state index contributed by atoms with van der Waals surface area (Å²) in [7, 11) is 0. The van der Waals surface area contributed by atoms with Gasteiger partial charge in [-0.2, -0.15) is 0 Å². The van der Waals surface area contributed by atoms with E-state index in [1.54, 1.807) is 20.0 Å². The van der Waals surface area contributed by atoms with Gasteiger partial charge in [0, 0.05) is 55.5 Å². The van der Waals surface area contributed by atoms with Gasteiger partial charge in [-0.05, 0) is 30.9 Å². The Morgan fingerprint density at radius 2 is 2.03 bits per heavy atom. The predicted molar refractivity (Wildman–Crippen MR) is 114 cm³/mol. The quantitative estimate of drug-likeness (QED) is 0.661. The van der Waals surface area contributed by atoms with Gasteiger partial charge in [-0.25, -0.2) is 4.98 Å². The van der Waals surface area contributed by atoms with E-state index in [0.717, 1.165) is 29.9 Å². The van der Waals surface area contributed by atoms with Crippen LogP contribution in [0.1, 0.15) is 37.1 Å². The molecule has 158 valence electrons. The van der Waals surface area contributed by atoms with E-state index in [4.69, 9.17) is 4.52 Å². The monoisotopic (exact) mass is 416 g/mol. The van der Waals surface area contributed by atoms with Crippen LogP contribution in [-0.4, -0.2) is 43.7 Å². The summed E-state index contributed by atoms with van der Waals surface area (Å²) in [5.41, 5.74) is 2.69. The molecule has 0 unspecified atom stereocenters. The molecule has 3 heterocycles. The third kappa shape index (κ3) is 3.87. The minimum atomic E-state index is -0.644. The number of aliphatic hydroxyl groups is 1. The summed E-state index contributed by atoms with van der Waals surface area (Å²) in [6.07, 6.45) is 2.82. The Hall–Kier alpha value is -3.37. The van der Waals surface area contributed by atoms with Crippen LogP contribution in [-0.2, 0) is 11.3 Å². The van der Waals surface area contributed by atoms with Crippen molar-refractivity contribution in [2.24, 2.45) is 17.8 Å². The second kappa shape index (κ2) is 7.71. The molecule has 1 amide bonds. The fraction of sp³-hybridized carbons (Fsp3) is 0.375. The van der Waals surface area contributed by atoms with Crippen molar-refractivity contribution in [3.05, 3.63) is 59.9 Å². The number of aromatic nitrogens is 3. The lowest BCUT2D eigenvalue weighted by Crippen LogP contribution is -2.28. The number of aliphatic hydroxyl groups excluding tert-OH is 1. The maximum absolute atomic E-state index is 11.4. The molecular weight excluding hydrogens is 392 g/mol. The summed E-state index contributed by atoms with van der Waals surface area (Å²) in [5, 5.41) is 14.0. The molecule has 1 aromatic carbocycles. The molecule has 4 atom stereocenters. The van der Waals surface area contributed by atoms with E-state index in [-0.39, 0.29) is 5.91 Å². The van der Waals surface area contributed by atoms with Gasteiger partial charge in [0.1, 0.15) is 17.6 Å². The van der Waals surface area contributed by atoms with Crippen LogP contribution in [0.25, 0.3) is 11.3 Å². The molecule has 0 spiro atoms. The van der Waals surface area contributed by atoms with Crippen LogP contribution in [0, 0.1) is 29.6 Å².